The molecule has 8 heteroatoms. The van der Waals surface area contributed by atoms with E-state index in [1.165, 1.54) is 13.0 Å². The number of fused-ring (bicyclic) bond motifs is 1. The van der Waals surface area contributed by atoms with Crippen molar-refractivity contribution in [1.29, 1.82) is 0 Å². The van der Waals surface area contributed by atoms with Gasteiger partial charge in [0.05, 0.1) is 15.6 Å². The summed E-state index contributed by atoms with van der Waals surface area (Å²) in [6.07, 6.45) is 0.640. The molecule has 0 saturated heterocycles. The first-order valence-corrected chi connectivity index (χ1v) is 10.2. The zero-order valence-corrected chi connectivity index (χ0v) is 16.8. The lowest BCUT2D eigenvalue weighted by molar-refractivity contribution is -0.116. The monoisotopic (exact) mass is 442 g/mol. The number of nitrogens with zero attached hydrogens (tertiary/aromatic N) is 1. The molecular weight excluding hydrogens is 428 g/mol. The summed E-state index contributed by atoms with van der Waals surface area (Å²) in [5.74, 6) is -0.0485. The van der Waals surface area contributed by atoms with Crippen LogP contribution in [0.3, 0.4) is 0 Å². The van der Waals surface area contributed by atoms with E-state index in [9.17, 15) is 13.2 Å². The SMILES string of the molecule is CC(=O)N1CCc2cc(S(=O)(=O)Nc3ccc(Br)c(Cl)c3C)ccc21. The first kappa shape index (κ1) is 18.2. The van der Waals surface area contributed by atoms with E-state index >= 15 is 0 Å². The molecule has 0 unspecified atom stereocenters. The van der Waals surface area contributed by atoms with E-state index in [1.807, 2.05) is 0 Å². The van der Waals surface area contributed by atoms with Crippen molar-refractivity contribution < 1.29 is 13.2 Å². The van der Waals surface area contributed by atoms with Crippen LogP contribution in [-0.2, 0) is 21.2 Å². The fraction of sp³-hybridized carbons (Fsp3) is 0.235. The number of hydrogen-bond acceptors (Lipinski definition) is 3. The van der Waals surface area contributed by atoms with Gasteiger partial charge in [-0.1, -0.05) is 11.6 Å². The maximum absolute atomic E-state index is 12.7. The molecule has 25 heavy (non-hydrogen) atoms. The molecule has 0 aromatic heterocycles. The number of benzene rings is 2. The second-order valence-electron chi connectivity index (χ2n) is 5.85. The second kappa shape index (κ2) is 6.63. The molecule has 2 aromatic carbocycles. The summed E-state index contributed by atoms with van der Waals surface area (Å²) in [5, 5.41) is 0.464. The molecule has 0 aliphatic carbocycles. The van der Waals surface area contributed by atoms with Crippen molar-refractivity contribution in [1.82, 2.24) is 0 Å². The van der Waals surface area contributed by atoms with Crippen LogP contribution in [0.1, 0.15) is 18.1 Å². The van der Waals surface area contributed by atoms with E-state index in [1.54, 1.807) is 36.1 Å². The number of anilines is 2. The molecule has 0 saturated carbocycles. The first-order chi connectivity index (χ1) is 11.7. The summed E-state index contributed by atoms with van der Waals surface area (Å²) in [7, 11) is -3.75. The Hall–Kier alpha value is -1.57. The summed E-state index contributed by atoms with van der Waals surface area (Å²) in [4.78, 5) is 13.4. The Morgan fingerprint density at radius 1 is 1.28 bits per heavy atom. The van der Waals surface area contributed by atoms with Gasteiger partial charge in [0.25, 0.3) is 10.0 Å². The van der Waals surface area contributed by atoms with Gasteiger partial charge < -0.3 is 4.90 Å². The average Bonchev–Trinajstić information content (AvgIpc) is 2.99. The number of halogens is 2. The number of nitrogens with one attached hydrogen (secondary N) is 1. The largest absolute Gasteiger partial charge is 0.312 e. The van der Waals surface area contributed by atoms with Gasteiger partial charge in [0.2, 0.25) is 5.91 Å². The molecule has 0 atom stereocenters. The molecule has 1 amide bonds. The lowest BCUT2D eigenvalue weighted by Crippen LogP contribution is -2.25. The fourth-order valence-corrected chi connectivity index (χ4v) is 4.61. The van der Waals surface area contributed by atoms with Gasteiger partial charge >= 0.3 is 0 Å². The molecule has 1 aliphatic heterocycles. The summed E-state index contributed by atoms with van der Waals surface area (Å²) in [6.45, 7) is 3.82. The maximum atomic E-state index is 12.7. The lowest BCUT2D eigenvalue weighted by Gasteiger charge is -2.16. The standard InChI is InChI=1S/C17H16BrClN2O3S/c1-10-15(5-4-14(18)17(10)19)20-25(23,24)13-3-6-16-12(9-13)7-8-21(16)11(2)22/h3-6,9,20H,7-8H2,1-2H3. The van der Waals surface area contributed by atoms with Gasteiger partial charge in [-0.3, -0.25) is 9.52 Å². The lowest BCUT2D eigenvalue weighted by atomic mass is 10.2. The van der Waals surface area contributed by atoms with Gasteiger partial charge in [-0.05, 0) is 70.7 Å². The number of amides is 1. The molecule has 2 aromatic rings. The molecule has 1 heterocycles. The molecule has 1 aliphatic rings. The Kier molecular flexibility index (Phi) is 4.83. The minimum absolute atomic E-state index is 0.0485. The number of hydrogen-bond donors (Lipinski definition) is 1. The zero-order valence-electron chi connectivity index (χ0n) is 13.6. The molecular formula is C17H16BrClN2O3S. The van der Waals surface area contributed by atoms with Crippen LogP contribution in [0, 0.1) is 6.92 Å². The van der Waals surface area contributed by atoms with Crippen molar-refractivity contribution in [3.05, 3.63) is 51.0 Å². The van der Waals surface area contributed by atoms with E-state index in [2.05, 4.69) is 20.7 Å². The topological polar surface area (TPSA) is 66.5 Å². The second-order valence-corrected chi connectivity index (χ2v) is 8.77. The van der Waals surface area contributed by atoms with Crippen LogP contribution >= 0.6 is 27.5 Å². The van der Waals surface area contributed by atoms with Crippen LogP contribution < -0.4 is 9.62 Å². The van der Waals surface area contributed by atoms with Gasteiger partial charge in [0, 0.05) is 23.6 Å². The van der Waals surface area contributed by atoms with Gasteiger partial charge in [0.1, 0.15) is 0 Å². The van der Waals surface area contributed by atoms with E-state index in [4.69, 9.17) is 11.6 Å². The number of sulfonamides is 1. The van der Waals surface area contributed by atoms with Crippen molar-refractivity contribution in [3.8, 4) is 0 Å². The molecule has 0 spiro atoms. The van der Waals surface area contributed by atoms with E-state index in [0.29, 0.717) is 33.7 Å². The highest BCUT2D eigenvalue weighted by Gasteiger charge is 2.25. The Labute approximate surface area is 160 Å². The van der Waals surface area contributed by atoms with Crippen molar-refractivity contribution in [3.63, 3.8) is 0 Å². The van der Waals surface area contributed by atoms with Crippen LogP contribution in [0.5, 0.6) is 0 Å². The number of carbonyl (C=O) groups is 1. The summed E-state index contributed by atoms with van der Waals surface area (Å²) in [5.41, 5.74) is 2.69. The van der Waals surface area contributed by atoms with Crippen LogP contribution in [0.4, 0.5) is 11.4 Å². The third kappa shape index (κ3) is 3.41. The number of rotatable bonds is 3. The van der Waals surface area contributed by atoms with Crippen LogP contribution in [0.2, 0.25) is 5.02 Å². The highest BCUT2D eigenvalue weighted by Crippen LogP contribution is 2.34. The predicted molar refractivity (Wildman–Crippen MR) is 103 cm³/mol. The van der Waals surface area contributed by atoms with E-state index < -0.39 is 10.0 Å². The van der Waals surface area contributed by atoms with Gasteiger partial charge in [-0.15, -0.1) is 0 Å². The van der Waals surface area contributed by atoms with Crippen molar-refractivity contribution >= 4 is 54.8 Å². The van der Waals surface area contributed by atoms with Gasteiger partial charge in [0.15, 0.2) is 0 Å². The van der Waals surface area contributed by atoms with Gasteiger partial charge in [-0.25, -0.2) is 8.42 Å². The Morgan fingerprint density at radius 2 is 2.00 bits per heavy atom. The highest BCUT2D eigenvalue weighted by molar-refractivity contribution is 9.10. The first-order valence-electron chi connectivity index (χ1n) is 7.59. The van der Waals surface area contributed by atoms with Crippen LogP contribution in [-0.4, -0.2) is 20.9 Å². The smallest absolute Gasteiger partial charge is 0.261 e. The van der Waals surface area contributed by atoms with Crippen LogP contribution in [0.25, 0.3) is 0 Å². The summed E-state index contributed by atoms with van der Waals surface area (Å²) >= 11 is 9.48. The fourth-order valence-electron chi connectivity index (χ4n) is 2.84. The predicted octanol–water partition coefficient (Wildman–Crippen LogP) is 4.12. The van der Waals surface area contributed by atoms with E-state index in [0.717, 1.165) is 11.3 Å². The summed E-state index contributed by atoms with van der Waals surface area (Å²) < 4.78 is 28.7. The average molecular weight is 444 g/mol. The summed E-state index contributed by atoms with van der Waals surface area (Å²) in [6, 6.07) is 8.17. The third-order valence-corrected chi connectivity index (χ3v) is 6.96. The third-order valence-electron chi connectivity index (χ3n) is 4.22. The Bertz CT molecular complexity index is 976. The molecule has 1 N–H and O–H groups in total. The quantitative estimate of drug-likeness (QED) is 0.776. The molecule has 0 radical (unpaired) electrons. The van der Waals surface area contributed by atoms with Crippen molar-refractivity contribution in [2.75, 3.05) is 16.2 Å². The molecule has 5 nitrogen and oxygen atoms in total. The number of carbonyl (C=O) groups excluding carboxylic acids is 1. The minimum Gasteiger partial charge on any atom is -0.312 e. The zero-order chi connectivity index (χ0) is 18.4. The minimum atomic E-state index is -3.75. The molecule has 3 rings (SSSR count). The van der Waals surface area contributed by atoms with E-state index in [-0.39, 0.29) is 10.8 Å². The molecule has 132 valence electrons. The molecule has 0 bridgehead atoms. The van der Waals surface area contributed by atoms with Crippen LogP contribution in [0.15, 0.2) is 39.7 Å². The van der Waals surface area contributed by atoms with Gasteiger partial charge in [-0.2, -0.15) is 0 Å². The normalized spacial score (nSPS) is 13.7. The Balaban J connectivity index is 1.94. The molecule has 0 fully saturated rings. The maximum Gasteiger partial charge on any atom is 0.261 e. The highest BCUT2D eigenvalue weighted by atomic mass is 79.9. The van der Waals surface area contributed by atoms with Crippen molar-refractivity contribution in [2.45, 2.75) is 25.2 Å². The Morgan fingerprint density at radius 3 is 2.68 bits per heavy atom. The van der Waals surface area contributed by atoms with Crippen molar-refractivity contribution in [2.24, 2.45) is 0 Å².